The fourth-order valence-electron chi connectivity index (χ4n) is 2.56. The van der Waals surface area contributed by atoms with Gasteiger partial charge in [0.2, 0.25) is 5.91 Å². The predicted octanol–water partition coefficient (Wildman–Crippen LogP) is 0.407. The van der Waals surface area contributed by atoms with Gasteiger partial charge in [-0.25, -0.2) is 4.79 Å². The molecule has 1 fully saturated rings. The number of urea groups is 1. The first-order valence-corrected chi connectivity index (χ1v) is 6.86. The highest BCUT2D eigenvalue weighted by Gasteiger charge is 2.42. The minimum atomic E-state index is -0.816. The molecule has 0 aromatic carbocycles. The molecular weight excluding hydrogens is 262 g/mol. The lowest BCUT2D eigenvalue weighted by Crippen LogP contribution is -2.55. The quantitative estimate of drug-likeness (QED) is 0.695. The standard InChI is InChI=1S/C13H23N3O4/c1-4-13(11(18)19)6-5-7-16(8-13)9(2)10(17)15-12(20)14-3/h9H,4-8H2,1-3H3,(H,18,19)(H2,14,15,17,20). The fourth-order valence-corrected chi connectivity index (χ4v) is 2.56. The number of hydrogen-bond donors (Lipinski definition) is 3. The molecule has 0 saturated carbocycles. The normalized spacial score (nSPS) is 24.8. The van der Waals surface area contributed by atoms with Gasteiger partial charge in [0.15, 0.2) is 0 Å². The van der Waals surface area contributed by atoms with Crippen LogP contribution in [0.4, 0.5) is 4.79 Å². The summed E-state index contributed by atoms with van der Waals surface area (Å²) in [5.74, 6) is -1.23. The van der Waals surface area contributed by atoms with Crippen molar-refractivity contribution in [1.29, 1.82) is 0 Å². The molecule has 0 spiro atoms. The number of hydrogen-bond acceptors (Lipinski definition) is 4. The van der Waals surface area contributed by atoms with Gasteiger partial charge in [0.1, 0.15) is 0 Å². The summed E-state index contributed by atoms with van der Waals surface area (Å²) in [6.07, 6.45) is 1.89. The molecule has 7 nitrogen and oxygen atoms in total. The second-order valence-electron chi connectivity index (χ2n) is 5.26. The Morgan fingerprint density at radius 2 is 2.05 bits per heavy atom. The van der Waals surface area contributed by atoms with Crippen molar-refractivity contribution in [3.8, 4) is 0 Å². The maximum absolute atomic E-state index is 11.9. The van der Waals surface area contributed by atoms with E-state index in [1.165, 1.54) is 7.05 Å². The maximum Gasteiger partial charge on any atom is 0.321 e. The molecule has 1 heterocycles. The van der Waals surface area contributed by atoms with E-state index in [-0.39, 0.29) is 0 Å². The fraction of sp³-hybridized carbons (Fsp3) is 0.769. The van der Waals surface area contributed by atoms with E-state index in [4.69, 9.17) is 0 Å². The number of nitrogens with one attached hydrogen (secondary N) is 2. The molecule has 0 aromatic rings. The van der Waals surface area contributed by atoms with Gasteiger partial charge < -0.3 is 10.4 Å². The molecule has 1 saturated heterocycles. The molecule has 1 aliphatic rings. The average molecular weight is 285 g/mol. The summed E-state index contributed by atoms with van der Waals surface area (Å²) < 4.78 is 0. The van der Waals surface area contributed by atoms with Gasteiger partial charge in [0, 0.05) is 13.6 Å². The molecule has 2 unspecified atom stereocenters. The van der Waals surface area contributed by atoms with Crippen molar-refractivity contribution in [1.82, 2.24) is 15.5 Å². The Balaban J connectivity index is 2.73. The summed E-state index contributed by atoms with van der Waals surface area (Å²) >= 11 is 0. The minimum Gasteiger partial charge on any atom is -0.481 e. The second-order valence-corrected chi connectivity index (χ2v) is 5.26. The van der Waals surface area contributed by atoms with Crippen molar-refractivity contribution >= 4 is 17.9 Å². The zero-order valence-electron chi connectivity index (χ0n) is 12.2. The van der Waals surface area contributed by atoms with Gasteiger partial charge in [-0.15, -0.1) is 0 Å². The number of piperidine rings is 1. The first-order chi connectivity index (χ1) is 9.36. The van der Waals surface area contributed by atoms with Gasteiger partial charge in [-0.3, -0.25) is 19.8 Å². The average Bonchev–Trinajstić information content (AvgIpc) is 2.45. The van der Waals surface area contributed by atoms with E-state index in [0.717, 1.165) is 6.42 Å². The summed E-state index contributed by atoms with van der Waals surface area (Å²) in [4.78, 5) is 36.4. The number of rotatable bonds is 4. The van der Waals surface area contributed by atoms with Gasteiger partial charge in [0.05, 0.1) is 11.5 Å². The third-order valence-corrected chi connectivity index (χ3v) is 4.13. The molecule has 0 aliphatic carbocycles. The molecule has 0 aromatic heterocycles. The molecule has 20 heavy (non-hydrogen) atoms. The lowest BCUT2D eigenvalue weighted by atomic mass is 9.77. The lowest BCUT2D eigenvalue weighted by molar-refractivity contribution is -0.154. The highest BCUT2D eigenvalue weighted by Crippen LogP contribution is 2.34. The summed E-state index contributed by atoms with van der Waals surface area (Å²) in [5, 5.41) is 14.0. The molecule has 0 bridgehead atoms. The second kappa shape index (κ2) is 6.69. The first kappa shape index (κ1) is 16.4. The van der Waals surface area contributed by atoms with Crippen molar-refractivity contribution < 1.29 is 19.5 Å². The first-order valence-electron chi connectivity index (χ1n) is 6.86. The Labute approximate surface area is 118 Å². The Hall–Kier alpha value is -1.63. The molecule has 3 amide bonds. The third-order valence-electron chi connectivity index (χ3n) is 4.13. The molecular formula is C13H23N3O4. The summed E-state index contributed by atoms with van der Waals surface area (Å²) in [6, 6.07) is -1.09. The van der Waals surface area contributed by atoms with E-state index in [2.05, 4.69) is 10.6 Å². The number of imide groups is 1. The topological polar surface area (TPSA) is 98.7 Å². The zero-order chi connectivity index (χ0) is 15.3. The van der Waals surface area contributed by atoms with Crippen LogP contribution >= 0.6 is 0 Å². The Morgan fingerprint density at radius 3 is 2.55 bits per heavy atom. The van der Waals surface area contributed by atoms with Crippen molar-refractivity contribution in [3.63, 3.8) is 0 Å². The highest BCUT2D eigenvalue weighted by atomic mass is 16.4. The molecule has 1 rings (SSSR count). The predicted molar refractivity (Wildman–Crippen MR) is 73.2 cm³/mol. The minimum absolute atomic E-state index is 0.334. The Bertz CT molecular complexity index is 399. The smallest absolute Gasteiger partial charge is 0.321 e. The molecule has 0 radical (unpaired) electrons. The molecule has 7 heteroatoms. The lowest BCUT2D eigenvalue weighted by Gasteiger charge is -2.41. The number of amides is 3. The number of carboxylic acids is 1. The van der Waals surface area contributed by atoms with Crippen LogP contribution in [0.15, 0.2) is 0 Å². The van der Waals surface area contributed by atoms with Gasteiger partial charge in [0.25, 0.3) is 0 Å². The Morgan fingerprint density at radius 1 is 1.40 bits per heavy atom. The summed E-state index contributed by atoms with van der Waals surface area (Å²) in [7, 11) is 1.43. The summed E-state index contributed by atoms with van der Waals surface area (Å²) in [6.45, 7) is 4.54. The van der Waals surface area contributed by atoms with Gasteiger partial charge in [-0.1, -0.05) is 6.92 Å². The van der Waals surface area contributed by atoms with Crippen molar-refractivity contribution in [2.75, 3.05) is 20.1 Å². The van der Waals surface area contributed by atoms with E-state index in [1.54, 1.807) is 6.92 Å². The zero-order valence-corrected chi connectivity index (χ0v) is 12.2. The number of carbonyl (C=O) groups excluding carboxylic acids is 2. The number of carboxylic acid groups (broad SMARTS) is 1. The van der Waals surface area contributed by atoms with Crippen LogP contribution in [0, 0.1) is 5.41 Å². The van der Waals surface area contributed by atoms with Gasteiger partial charge in [-0.2, -0.15) is 0 Å². The number of aliphatic carboxylic acids is 1. The van der Waals surface area contributed by atoms with Crippen LogP contribution in [0.1, 0.15) is 33.1 Å². The number of nitrogens with zero attached hydrogens (tertiary/aromatic N) is 1. The van der Waals surface area contributed by atoms with Crippen molar-refractivity contribution in [2.45, 2.75) is 39.2 Å². The van der Waals surface area contributed by atoms with Crippen LogP contribution in [0.25, 0.3) is 0 Å². The van der Waals surface area contributed by atoms with Crippen LogP contribution in [0.5, 0.6) is 0 Å². The Kier molecular flexibility index (Phi) is 5.50. The van der Waals surface area contributed by atoms with Crippen LogP contribution in [0.3, 0.4) is 0 Å². The van der Waals surface area contributed by atoms with E-state index < -0.39 is 29.4 Å². The number of carbonyl (C=O) groups is 3. The molecule has 1 aliphatic heterocycles. The van der Waals surface area contributed by atoms with Crippen LogP contribution in [-0.4, -0.2) is 54.1 Å². The molecule has 114 valence electrons. The molecule has 3 N–H and O–H groups in total. The van der Waals surface area contributed by atoms with E-state index in [9.17, 15) is 19.5 Å². The van der Waals surface area contributed by atoms with Gasteiger partial charge in [-0.05, 0) is 32.7 Å². The van der Waals surface area contributed by atoms with E-state index >= 15 is 0 Å². The highest BCUT2D eigenvalue weighted by molar-refractivity contribution is 5.96. The number of likely N-dealkylation sites (tertiary alicyclic amines) is 1. The van der Waals surface area contributed by atoms with Crippen molar-refractivity contribution in [3.05, 3.63) is 0 Å². The third kappa shape index (κ3) is 3.47. The van der Waals surface area contributed by atoms with Crippen LogP contribution < -0.4 is 10.6 Å². The monoisotopic (exact) mass is 285 g/mol. The largest absolute Gasteiger partial charge is 0.481 e. The van der Waals surface area contributed by atoms with Crippen LogP contribution in [-0.2, 0) is 9.59 Å². The van der Waals surface area contributed by atoms with E-state index in [1.807, 2.05) is 11.8 Å². The summed E-state index contributed by atoms with van der Waals surface area (Å²) in [5.41, 5.74) is -0.792. The van der Waals surface area contributed by atoms with Gasteiger partial charge >= 0.3 is 12.0 Å². The van der Waals surface area contributed by atoms with E-state index in [0.29, 0.717) is 25.9 Å². The maximum atomic E-state index is 11.9. The SMILES string of the molecule is CCC1(C(=O)O)CCCN(C(C)C(=O)NC(=O)NC)C1. The van der Waals surface area contributed by atoms with Crippen LogP contribution in [0.2, 0.25) is 0 Å². The molecule has 2 atom stereocenters. The van der Waals surface area contributed by atoms with Crippen molar-refractivity contribution in [2.24, 2.45) is 5.41 Å².